The van der Waals surface area contributed by atoms with Crippen LogP contribution in [0.2, 0.25) is 5.02 Å². The largest absolute Gasteiger partial charge is 0.337 e. The van der Waals surface area contributed by atoms with Crippen LogP contribution in [0.4, 0.5) is 33.6 Å². The molecule has 1 aromatic carbocycles. The Labute approximate surface area is 247 Å². The molecule has 5 rings (SSSR count). The lowest BCUT2D eigenvalue weighted by Crippen LogP contribution is -2.40. The van der Waals surface area contributed by atoms with Gasteiger partial charge in [0.15, 0.2) is 5.82 Å². The quantitative estimate of drug-likeness (QED) is 0.225. The van der Waals surface area contributed by atoms with Crippen LogP contribution in [0.3, 0.4) is 0 Å². The molecule has 2 N–H and O–H groups in total. The first-order valence-electron chi connectivity index (χ1n) is 13.2. The van der Waals surface area contributed by atoms with Crippen LogP contribution in [0.1, 0.15) is 40.9 Å². The maximum absolute atomic E-state index is 14.7. The fraction of sp³-hybridized carbons (Fsp3) is 0.333. The van der Waals surface area contributed by atoms with E-state index in [0.29, 0.717) is 18.2 Å². The number of rotatable bonds is 11. The van der Waals surface area contributed by atoms with Crippen molar-refractivity contribution < 1.29 is 26.7 Å². The van der Waals surface area contributed by atoms with Crippen molar-refractivity contribution in [2.24, 2.45) is 0 Å². The number of benzene rings is 1. The minimum absolute atomic E-state index is 0.0307. The highest BCUT2D eigenvalue weighted by Crippen LogP contribution is 2.35. The fourth-order valence-corrected chi connectivity index (χ4v) is 4.91. The molecule has 0 bridgehead atoms. The maximum Gasteiger partial charge on any atom is 0.275 e. The first-order chi connectivity index (χ1) is 20.7. The van der Waals surface area contributed by atoms with Gasteiger partial charge in [-0.25, -0.2) is 36.9 Å². The van der Waals surface area contributed by atoms with Gasteiger partial charge in [0.05, 0.1) is 48.1 Å². The molecule has 1 aliphatic rings. The van der Waals surface area contributed by atoms with Gasteiger partial charge >= 0.3 is 0 Å². The highest BCUT2D eigenvalue weighted by atomic mass is 35.5. The summed E-state index contributed by atoms with van der Waals surface area (Å²) in [6, 6.07) is 2.05. The summed E-state index contributed by atoms with van der Waals surface area (Å²) in [5.74, 6) is -1.29. The standard InChI is InChI=1S/C27H25ClF5N9O/c28-19-4-3-18(25(32)33)23(24(19)31)20-10-35-11-21(40-20)26(43)39-16-8-38-41(14-16)13-15-6-36-27(37-7-15)42-5-1-2-17(42)9-34-12-22(29)30/h3-4,6-8,10-11,14,17,22,25,34H,1-2,5,9,12-13H2,(H,39,43). The van der Waals surface area contributed by atoms with Gasteiger partial charge in [0.25, 0.3) is 18.8 Å². The molecule has 4 aromatic rings. The number of carbonyl (C=O) groups is 1. The Morgan fingerprint density at radius 3 is 2.63 bits per heavy atom. The van der Waals surface area contributed by atoms with Gasteiger partial charge in [-0.2, -0.15) is 5.10 Å². The summed E-state index contributed by atoms with van der Waals surface area (Å²) in [6.45, 7) is 1.08. The number of hydrogen-bond acceptors (Lipinski definition) is 8. The van der Waals surface area contributed by atoms with E-state index in [1.807, 2.05) is 4.90 Å². The molecule has 1 saturated heterocycles. The van der Waals surface area contributed by atoms with Crippen molar-refractivity contribution in [2.45, 2.75) is 38.3 Å². The fourth-order valence-electron chi connectivity index (χ4n) is 4.75. The number of aromatic nitrogens is 6. The molecule has 0 radical (unpaired) electrons. The van der Waals surface area contributed by atoms with E-state index in [1.165, 1.54) is 6.20 Å². The number of amides is 1. The van der Waals surface area contributed by atoms with E-state index in [-0.39, 0.29) is 35.5 Å². The molecule has 3 aromatic heterocycles. The summed E-state index contributed by atoms with van der Waals surface area (Å²) in [6.07, 6.45) is 4.79. The predicted molar refractivity (Wildman–Crippen MR) is 148 cm³/mol. The Bertz CT molecular complexity index is 1570. The van der Waals surface area contributed by atoms with Crippen molar-refractivity contribution in [3.63, 3.8) is 0 Å². The average Bonchev–Trinajstić information content (AvgIpc) is 3.64. The van der Waals surface area contributed by atoms with Crippen LogP contribution >= 0.6 is 11.6 Å². The first-order valence-corrected chi connectivity index (χ1v) is 13.6. The molecule has 0 spiro atoms. The molecule has 1 unspecified atom stereocenters. The second kappa shape index (κ2) is 13.4. The zero-order chi connectivity index (χ0) is 30.5. The van der Waals surface area contributed by atoms with Crippen molar-refractivity contribution in [3.05, 3.63) is 77.0 Å². The van der Waals surface area contributed by atoms with E-state index in [9.17, 15) is 26.7 Å². The van der Waals surface area contributed by atoms with E-state index in [2.05, 4.69) is 35.7 Å². The number of nitrogens with zero attached hydrogens (tertiary/aromatic N) is 7. The van der Waals surface area contributed by atoms with Crippen molar-refractivity contribution in [1.29, 1.82) is 0 Å². The number of halogens is 6. The van der Waals surface area contributed by atoms with E-state index in [4.69, 9.17) is 11.6 Å². The van der Waals surface area contributed by atoms with Gasteiger partial charge in [0.2, 0.25) is 5.95 Å². The van der Waals surface area contributed by atoms with Crippen LogP contribution in [0, 0.1) is 5.82 Å². The average molecular weight is 622 g/mol. The van der Waals surface area contributed by atoms with Gasteiger partial charge in [0, 0.05) is 54.4 Å². The summed E-state index contributed by atoms with van der Waals surface area (Å²) >= 11 is 5.79. The second-order valence-corrected chi connectivity index (χ2v) is 10.1. The SMILES string of the molecule is O=C(Nc1cnn(Cc2cnc(N3CCCC3CNCC(F)F)nc2)c1)c1cncc(-c2c(C(F)F)ccc(Cl)c2F)n1. The van der Waals surface area contributed by atoms with Crippen LogP contribution in [0.15, 0.2) is 49.3 Å². The number of carbonyl (C=O) groups excluding carboxylic acids is 1. The lowest BCUT2D eigenvalue weighted by molar-refractivity contribution is 0.102. The molecular formula is C27H25ClF5N9O. The van der Waals surface area contributed by atoms with Gasteiger partial charge in [-0.3, -0.25) is 14.5 Å². The summed E-state index contributed by atoms with van der Waals surface area (Å²) < 4.78 is 68.2. The molecule has 1 aliphatic heterocycles. The van der Waals surface area contributed by atoms with Crippen LogP contribution in [-0.2, 0) is 6.54 Å². The van der Waals surface area contributed by atoms with E-state index in [1.54, 1.807) is 23.3 Å². The molecule has 1 fully saturated rings. The number of anilines is 2. The summed E-state index contributed by atoms with van der Waals surface area (Å²) in [5, 5.41) is 9.22. The third-order valence-corrected chi connectivity index (χ3v) is 7.02. The molecule has 16 heteroatoms. The van der Waals surface area contributed by atoms with Crippen molar-refractivity contribution in [3.8, 4) is 11.3 Å². The minimum Gasteiger partial charge on any atom is -0.337 e. The Morgan fingerprint density at radius 2 is 1.88 bits per heavy atom. The van der Waals surface area contributed by atoms with Gasteiger partial charge < -0.3 is 15.5 Å². The Morgan fingerprint density at radius 1 is 1.09 bits per heavy atom. The predicted octanol–water partition coefficient (Wildman–Crippen LogP) is 4.98. The third kappa shape index (κ3) is 7.22. The van der Waals surface area contributed by atoms with Gasteiger partial charge in [0.1, 0.15) is 5.69 Å². The number of alkyl halides is 4. The van der Waals surface area contributed by atoms with Crippen LogP contribution in [-0.4, -0.2) is 67.7 Å². The number of hydrogen-bond donors (Lipinski definition) is 2. The second-order valence-electron chi connectivity index (χ2n) is 9.73. The van der Waals surface area contributed by atoms with Crippen molar-refractivity contribution >= 4 is 29.1 Å². The molecular weight excluding hydrogens is 597 g/mol. The van der Waals surface area contributed by atoms with Gasteiger partial charge in [-0.15, -0.1) is 0 Å². The lowest BCUT2D eigenvalue weighted by atomic mass is 10.0. The molecule has 10 nitrogen and oxygen atoms in total. The van der Waals surface area contributed by atoms with E-state index < -0.39 is 35.7 Å². The number of nitrogens with one attached hydrogen (secondary N) is 2. The highest BCUT2D eigenvalue weighted by molar-refractivity contribution is 6.31. The zero-order valence-corrected chi connectivity index (χ0v) is 23.2. The monoisotopic (exact) mass is 621 g/mol. The van der Waals surface area contributed by atoms with Crippen LogP contribution in [0.5, 0.6) is 0 Å². The van der Waals surface area contributed by atoms with Crippen LogP contribution < -0.4 is 15.5 Å². The summed E-state index contributed by atoms with van der Waals surface area (Å²) in [5.41, 5.74) is -0.629. The normalized spacial score (nSPS) is 15.1. The van der Waals surface area contributed by atoms with Gasteiger partial charge in [-0.1, -0.05) is 17.7 Å². The van der Waals surface area contributed by atoms with Crippen molar-refractivity contribution in [2.75, 3.05) is 29.9 Å². The molecule has 0 saturated carbocycles. The highest BCUT2D eigenvalue weighted by Gasteiger charge is 2.27. The lowest BCUT2D eigenvalue weighted by Gasteiger charge is -2.25. The van der Waals surface area contributed by atoms with E-state index in [0.717, 1.165) is 49.5 Å². The molecule has 226 valence electrons. The maximum atomic E-state index is 14.7. The molecule has 0 aliphatic carbocycles. The van der Waals surface area contributed by atoms with Crippen LogP contribution in [0.25, 0.3) is 11.3 Å². The summed E-state index contributed by atoms with van der Waals surface area (Å²) in [4.78, 5) is 31.6. The third-order valence-electron chi connectivity index (χ3n) is 6.73. The first kappa shape index (κ1) is 30.2. The van der Waals surface area contributed by atoms with Crippen molar-refractivity contribution in [1.82, 2.24) is 35.0 Å². The Hall–Kier alpha value is -4.24. The molecule has 43 heavy (non-hydrogen) atoms. The Kier molecular flexibility index (Phi) is 9.40. The smallest absolute Gasteiger partial charge is 0.275 e. The molecule has 4 heterocycles. The molecule has 1 amide bonds. The van der Waals surface area contributed by atoms with Gasteiger partial charge in [-0.05, 0) is 18.9 Å². The minimum atomic E-state index is -3.01. The Balaban J connectivity index is 1.22. The molecule has 1 atom stereocenters. The topological polar surface area (TPSA) is 114 Å². The van der Waals surface area contributed by atoms with E-state index >= 15 is 0 Å². The zero-order valence-electron chi connectivity index (χ0n) is 22.4. The summed E-state index contributed by atoms with van der Waals surface area (Å²) in [7, 11) is 0.